The van der Waals surface area contributed by atoms with Crippen LogP contribution >= 0.6 is 0 Å². The van der Waals surface area contributed by atoms with Crippen LogP contribution in [-0.2, 0) is 16.0 Å². The average molecular weight is 235 g/mol. The summed E-state index contributed by atoms with van der Waals surface area (Å²) >= 11 is 0. The van der Waals surface area contributed by atoms with Crippen LogP contribution in [0.2, 0.25) is 0 Å². The van der Waals surface area contributed by atoms with Crippen molar-refractivity contribution in [2.24, 2.45) is 0 Å². The van der Waals surface area contributed by atoms with Gasteiger partial charge in [-0.25, -0.2) is 4.79 Å². The molecule has 0 saturated heterocycles. The Bertz CT molecular complexity index is 398. The maximum atomic E-state index is 11.2. The first-order valence-corrected chi connectivity index (χ1v) is 5.47. The van der Waals surface area contributed by atoms with Crippen LogP contribution in [0.1, 0.15) is 29.8 Å². The monoisotopic (exact) mass is 235 g/mol. The fourth-order valence-corrected chi connectivity index (χ4v) is 1.65. The Labute approximate surface area is 101 Å². The van der Waals surface area contributed by atoms with Gasteiger partial charge in [0.25, 0.3) is 0 Å². The smallest absolute Gasteiger partial charge is 0.337 e. The molecule has 0 spiro atoms. The lowest BCUT2D eigenvalue weighted by Crippen LogP contribution is -2.31. The third kappa shape index (κ3) is 4.26. The molecule has 0 aliphatic heterocycles. The van der Waals surface area contributed by atoms with Crippen molar-refractivity contribution in [1.82, 2.24) is 5.32 Å². The second kappa shape index (κ2) is 6.03. The van der Waals surface area contributed by atoms with Gasteiger partial charge in [0, 0.05) is 13.0 Å². The van der Waals surface area contributed by atoms with Crippen LogP contribution in [0.4, 0.5) is 0 Å². The van der Waals surface area contributed by atoms with Crippen LogP contribution in [0, 0.1) is 0 Å². The molecule has 1 atom stereocenters. The van der Waals surface area contributed by atoms with Gasteiger partial charge < -0.3 is 10.1 Å². The van der Waals surface area contributed by atoms with E-state index < -0.39 is 0 Å². The number of hydrogen-bond donors (Lipinski definition) is 1. The van der Waals surface area contributed by atoms with Crippen LogP contribution in [0.5, 0.6) is 0 Å². The van der Waals surface area contributed by atoms with E-state index in [-0.39, 0.29) is 17.9 Å². The van der Waals surface area contributed by atoms with Gasteiger partial charge in [0.1, 0.15) is 0 Å². The van der Waals surface area contributed by atoms with E-state index in [0.29, 0.717) is 5.56 Å². The molecule has 0 heterocycles. The Hall–Kier alpha value is -1.84. The molecule has 17 heavy (non-hydrogen) atoms. The highest BCUT2D eigenvalue weighted by atomic mass is 16.5. The number of rotatable bonds is 4. The number of amides is 1. The summed E-state index contributed by atoms with van der Waals surface area (Å²) in [6, 6.07) is 7.26. The van der Waals surface area contributed by atoms with E-state index >= 15 is 0 Å². The van der Waals surface area contributed by atoms with Crippen molar-refractivity contribution in [3.8, 4) is 0 Å². The van der Waals surface area contributed by atoms with Crippen molar-refractivity contribution in [2.45, 2.75) is 26.3 Å². The maximum Gasteiger partial charge on any atom is 0.337 e. The molecule has 4 nitrogen and oxygen atoms in total. The summed E-state index contributed by atoms with van der Waals surface area (Å²) < 4.78 is 4.61. The van der Waals surface area contributed by atoms with Gasteiger partial charge in [-0.1, -0.05) is 12.1 Å². The SMILES string of the molecule is COC(=O)c1ccc(CC(C)NC(C)=O)cc1. The molecule has 92 valence electrons. The molecular weight excluding hydrogens is 218 g/mol. The summed E-state index contributed by atoms with van der Waals surface area (Å²) in [4.78, 5) is 22.1. The number of carbonyl (C=O) groups is 2. The fraction of sp³-hybridized carbons (Fsp3) is 0.385. The normalized spacial score (nSPS) is 11.7. The number of methoxy groups -OCH3 is 1. The van der Waals surface area contributed by atoms with Crippen LogP contribution in [0.25, 0.3) is 0 Å². The van der Waals surface area contributed by atoms with Gasteiger partial charge in [-0.15, -0.1) is 0 Å². The molecule has 0 radical (unpaired) electrons. The number of ether oxygens (including phenoxy) is 1. The zero-order chi connectivity index (χ0) is 12.8. The Morgan fingerprint density at radius 1 is 1.29 bits per heavy atom. The van der Waals surface area contributed by atoms with E-state index in [2.05, 4.69) is 10.1 Å². The highest BCUT2D eigenvalue weighted by Crippen LogP contribution is 2.08. The lowest BCUT2D eigenvalue weighted by molar-refractivity contribution is -0.119. The molecule has 1 aromatic rings. The quantitative estimate of drug-likeness (QED) is 0.805. The summed E-state index contributed by atoms with van der Waals surface area (Å²) in [5.74, 6) is -0.379. The van der Waals surface area contributed by atoms with E-state index in [1.807, 2.05) is 19.1 Å². The summed E-state index contributed by atoms with van der Waals surface area (Å²) in [6.07, 6.45) is 0.737. The van der Waals surface area contributed by atoms with Gasteiger partial charge in [0.05, 0.1) is 12.7 Å². The van der Waals surface area contributed by atoms with Gasteiger partial charge in [-0.3, -0.25) is 4.79 Å². The lowest BCUT2D eigenvalue weighted by atomic mass is 10.1. The standard InChI is InChI=1S/C13H17NO3/c1-9(14-10(2)15)8-11-4-6-12(7-5-11)13(16)17-3/h4-7,9H,8H2,1-3H3,(H,14,15). The Balaban J connectivity index is 2.62. The Morgan fingerprint density at radius 3 is 2.35 bits per heavy atom. The average Bonchev–Trinajstić information content (AvgIpc) is 2.28. The van der Waals surface area contributed by atoms with Crippen molar-refractivity contribution >= 4 is 11.9 Å². The molecule has 1 unspecified atom stereocenters. The van der Waals surface area contributed by atoms with Gasteiger partial charge in [-0.2, -0.15) is 0 Å². The third-order valence-electron chi connectivity index (χ3n) is 2.37. The van der Waals surface area contributed by atoms with Gasteiger partial charge in [0.2, 0.25) is 5.91 Å². The predicted octanol–water partition coefficient (Wildman–Crippen LogP) is 1.54. The van der Waals surface area contributed by atoms with Crippen LogP contribution in [-0.4, -0.2) is 25.0 Å². The number of benzene rings is 1. The second-order valence-corrected chi connectivity index (χ2v) is 3.99. The maximum absolute atomic E-state index is 11.2. The number of esters is 1. The van der Waals surface area contributed by atoms with Crippen LogP contribution in [0.3, 0.4) is 0 Å². The molecule has 0 saturated carbocycles. The zero-order valence-corrected chi connectivity index (χ0v) is 10.3. The molecular formula is C13H17NO3. The predicted molar refractivity (Wildman–Crippen MR) is 64.8 cm³/mol. The minimum atomic E-state index is -0.341. The van der Waals surface area contributed by atoms with Crippen LogP contribution in [0.15, 0.2) is 24.3 Å². The highest BCUT2D eigenvalue weighted by molar-refractivity contribution is 5.89. The van der Waals surface area contributed by atoms with Crippen molar-refractivity contribution in [1.29, 1.82) is 0 Å². The topological polar surface area (TPSA) is 55.4 Å². The molecule has 0 aromatic heterocycles. The summed E-state index contributed by atoms with van der Waals surface area (Å²) in [6.45, 7) is 3.44. The van der Waals surface area contributed by atoms with Crippen molar-refractivity contribution < 1.29 is 14.3 Å². The minimum absolute atomic E-state index is 0.0383. The molecule has 0 bridgehead atoms. The minimum Gasteiger partial charge on any atom is -0.465 e. The first kappa shape index (κ1) is 13.2. The van der Waals surface area contributed by atoms with E-state index in [1.54, 1.807) is 12.1 Å². The van der Waals surface area contributed by atoms with Crippen molar-refractivity contribution in [2.75, 3.05) is 7.11 Å². The second-order valence-electron chi connectivity index (χ2n) is 3.99. The molecule has 1 N–H and O–H groups in total. The van der Waals surface area contributed by atoms with Gasteiger partial charge >= 0.3 is 5.97 Å². The van der Waals surface area contributed by atoms with Crippen molar-refractivity contribution in [3.05, 3.63) is 35.4 Å². The van der Waals surface area contributed by atoms with Crippen molar-refractivity contribution in [3.63, 3.8) is 0 Å². The van der Waals surface area contributed by atoms with E-state index in [9.17, 15) is 9.59 Å². The lowest BCUT2D eigenvalue weighted by Gasteiger charge is -2.12. The molecule has 0 fully saturated rings. The third-order valence-corrected chi connectivity index (χ3v) is 2.37. The molecule has 0 aliphatic carbocycles. The largest absolute Gasteiger partial charge is 0.465 e. The first-order valence-electron chi connectivity index (χ1n) is 5.47. The number of carbonyl (C=O) groups excluding carboxylic acids is 2. The fourth-order valence-electron chi connectivity index (χ4n) is 1.65. The number of hydrogen-bond acceptors (Lipinski definition) is 3. The van der Waals surface area contributed by atoms with Crippen LogP contribution < -0.4 is 5.32 Å². The zero-order valence-electron chi connectivity index (χ0n) is 10.3. The molecule has 1 rings (SSSR count). The van der Waals surface area contributed by atoms with Gasteiger partial charge in [0.15, 0.2) is 0 Å². The molecule has 0 aliphatic rings. The van der Waals surface area contributed by atoms with E-state index in [0.717, 1.165) is 12.0 Å². The number of nitrogens with one attached hydrogen (secondary N) is 1. The van der Waals surface area contributed by atoms with Gasteiger partial charge in [-0.05, 0) is 31.0 Å². The van der Waals surface area contributed by atoms with E-state index in [1.165, 1.54) is 14.0 Å². The summed E-state index contributed by atoms with van der Waals surface area (Å²) in [7, 11) is 1.36. The summed E-state index contributed by atoms with van der Waals surface area (Å²) in [5, 5.41) is 2.81. The molecule has 1 amide bonds. The highest BCUT2D eigenvalue weighted by Gasteiger charge is 2.07. The Kier molecular flexibility index (Phi) is 4.69. The molecule has 1 aromatic carbocycles. The Morgan fingerprint density at radius 2 is 1.88 bits per heavy atom. The molecule has 4 heteroatoms. The van der Waals surface area contributed by atoms with E-state index in [4.69, 9.17) is 0 Å². The first-order chi connectivity index (χ1) is 8.02. The summed E-state index contributed by atoms with van der Waals surface area (Å²) in [5.41, 5.74) is 1.60.